The Morgan fingerprint density at radius 3 is 2.33 bits per heavy atom. The molecule has 21 heavy (non-hydrogen) atoms. The van der Waals surface area contributed by atoms with E-state index < -0.39 is 15.9 Å². The Morgan fingerprint density at radius 2 is 1.67 bits per heavy atom. The molecule has 0 saturated carbocycles. The number of rotatable bonds is 6. The maximum atomic E-state index is 12.1. The molecule has 1 N–H and O–H groups in total. The van der Waals surface area contributed by atoms with E-state index in [1.807, 2.05) is 25.1 Å². The number of hydrogen-bond acceptors (Lipinski definition) is 4. The third-order valence-corrected chi connectivity index (χ3v) is 4.85. The fourth-order valence-corrected chi connectivity index (χ4v) is 3.30. The maximum Gasteiger partial charge on any atom is 0.181 e. The molecule has 0 aromatic heterocycles. The number of para-hydroxylation sites is 1. The van der Waals surface area contributed by atoms with E-state index in [4.69, 9.17) is 4.74 Å². The predicted molar refractivity (Wildman–Crippen MR) is 81.2 cm³/mol. The summed E-state index contributed by atoms with van der Waals surface area (Å²) in [6.07, 6.45) is -1.07. The quantitative estimate of drug-likeness (QED) is 0.889. The normalized spacial score (nSPS) is 12.9. The van der Waals surface area contributed by atoms with Gasteiger partial charge in [-0.15, -0.1) is 0 Å². The van der Waals surface area contributed by atoms with Crippen molar-refractivity contribution in [3.8, 4) is 5.75 Å². The van der Waals surface area contributed by atoms with Crippen molar-refractivity contribution in [3.63, 3.8) is 0 Å². The second-order valence-electron chi connectivity index (χ2n) is 4.82. The van der Waals surface area contributed by atoms with Gasteiger partial charge in [0.2, 0.25) is 0 Å². The van der Waals surface area contributed by atoms with Crippen LogP contribution < -0.4 is 4.74 Å². The SMILES string of the molecule is Cc1ccccc1OCC(O)CS(=O)(=O)c1ccccc1. The first kappa shape index (κ1) is 15.5. The Balaban J connectivity index is 1.96. The van der Waals surface area contributed by atoms with Crippen LogP contribution in [0.25, 0.3) is 0 Å². The molecule has 0 aliphatic heterocycles. The van der Waals surface area contributed by atoms with E-state index in [9.17, 15) is 13.5 Å². The average molecular weight is 306 g/mol. The highest BCUT2D eigenvalue weighted by Crippen LogP contribution is 2.17. The van der Waals surface area contributed by atoms with E-state index in [2.05, 4.69) is 0 Å². The van der Waals surface area contributed by atoms with Crippen LogP contribution in [0.5, 0.6) is 5.75 Å². The van der Waals surface area contributed by atoms with Gasteiger partial charge in [-0.2, -0.15) is 0 Å². The molecule has 0 spiro atoms. The van der Waals surface area contributed by atoms with Gasteiger partial charge in [0.15, 0.2) is 9.84 Å². The van der Waals surface area contributed by atoms with Crippen LogP contribution in [0.15, 0.2) is 59.5 Å². The van der Waals surface area contributed by atoms with Crippen molar-refractivity contribution in [2.75, 3.05) is 12.4 Å². The fraction of sp³-hybridized carbons (Fsp3) is 0.250. The highest BCUT2D eigenvalue weighted by molar-refractivity contribution is 7.91. The summed E-state index contributed by atoms with van der Waals surface area (Å²) in [7, 11) is -3.50. The second kappa shape index (κ2) is 6.74. The average Bonchev–Trinajstić information content (AvgIpc) is 2.47. The molecule has 0 bridgehead atoms. The third-order valence-electron chi connectivity index (χ3n) is 3.04. The van der Waals surface area contributed by atoms with Gasteiger partial charge in [0.05, 0.1) is 10.6 Å². The van der Waals surface area contributed by atoms with Crippen LogP contribution in [0.1, 0.15) is 5.56 Å². The molecule has 1 atom stereocenters. The zero-order valence-electron chi connectivity index (χ0n) is 11.8. The van der Waals surface area contributed by atoms with E-state index in [-0.39, 0.29) is 17.3 Å². The minimum absolute atomic E-state index is 0.0586. The zero-order chi connectivity index (χ0) is 15.3. The molecule has 112 valence electrons. The highest BCUT2D eigenvalue weighted by atomic mass is 32.2. The minimum Gasteiger partial charge on any atom is -0.491 e. The Kier molecular flexibility index (Phi) is 4.98. The number of benzene rings is 2. The molecule has 0 amide bonds. The number of aryl methyl sites for hydroxylation is 1. The monoisotopic (exact) mass is 306 g/mol. The largest absolute Gasteiger partial charge is 0.491 e. The minimum atomic E-state index is -3.50. The van der Waals surface area contributed by atoms with Crippen LogP contribution in [0.3, 0.4) is 0 Å². The van der Waals surface area contributed by atoms with Gasteiger partial charge in [-0.05, 0) is 30.7 Å². The van der Waals surface area contributed by atoms with Gasteiger partial charge < -0.3 is 9.84 Å². The molecule has 0 saturated heterocycles. The molecular formula is C16H18O4S. The van der Waals surface area contributed by atoms with Crippen molar-refractivity contribution in [3.05, 3.63) is 60.2 Å². The lowest BCUT2D eigenvalue weighted by Crippen LogP contribution is -2.27. The van der Waals surface area contributed by atoms with Crippen LogP contribution in [-0.2, 0) is 9.84 Å². The van der Waals surface area contributed by atoms with Crippen molar-refractivity contribution >= 4 is 9.84 Å². The number of hydrogen-bond donors (Lipinski definition) is 1. The summed E-state index contributed by atoms with van der Waals surface area (Å²) in [5, 5.41) is 9.89. The fourth-order valence-electron chi connectivity index (χ4n) is 1.93. The molecule has 5 heteroatoms. The first-order valence-electron chi connectivity index (χ1n) is 6.63. The van der Waals surface area contributed by atoms with Crippen LogP contribution in [0.2, 0.25) is 0 Å². The van der Waals surface area contributed by atoms with Crippen molar-refractivity contribution in [1.82, 2.24) is 0 Å². The smallest absolute Gasteiger partial charge is 0.181 e. The number of sulfone groups is 1. The molecule has 0 fully saturated rings. The third kappa shape index (κ3) is 4.31. The molecular weight excluding hydrogens is 288 g/mol. The Labute approximate surface area is 124 Å². The van der Waals surface area contributed by atoms with Gasteiger partial charge in [0, 0.05) is 0 Å². The van der Waals surface area contributed by atoms with Crippen LogP contribution in [0.4, 0.5) is 0 Å². The lowest BCUT2D eigenvalue weighted by molar-refractivity contribution is 0.124. The zero-order valence-corrected chi connectivity index (χ0v) is 12.6. The summed E-state index contributed by atoms with van der Waals surface area (Å²) in [5.74, 6) is 0.289. The van der Waals surface area contributed by atoms with Crippen LogP contribution >= 0.6 is 0 Å². The number of aliphatic hydroxyl groups excluding tert-OH is 1. The molecule has 2 aromatic carbocycles. The number of aliphatic hydroxyl groups is 1. The molecule has 2 rings (SSSR count). The topological polar surface area (TPSA) is 63.6 Å². The lowest BCUT2D eigenvalue weighted by Gasteiger charge is -2.14. The first-order chi connectivity index (χ1) is 9.99. The maximum absolute atomic E-state index is 12.1. The molecule has 4 nitrogen and oxygen atoms in total. The van der Waals surface area contributed by atoms with Crippen LogP contribution in [-0.4, -0.2) is 32.0 Å². The van der Waals surface area contributed by atoms with Gasteiger partial charge >= 0.3 is 0 Å². The van der Waals surface area contributed by atoms with Crippen molar-refractivity contribution in [2.45, 2.75) is 17.9 Å². The second-order valence-corrected chi connectivity index (χ2v) is 6.86. The summed E-state index contributed by atoms with van der Waals surface area (Å²) in [6.45, 7) is 1.83. The molecule has 0 aliphatic carbocycles. The van der Waals surface area contributed by atoms with Crippen molar-refractivity contribution in [1.29, 1.82) is 0 Å². The summed E-state index contributed by atoms with van der Waals surface area (Å²) < 4.78 is 29.7. The van der Waals surface area contributed by atoms with Gasteiger partial charge in [0.1, 0.15) is 18.5 Å². The van der Waals surface area contributed by atoms with Crippen molar-refractivity contribution in [2.24, 2.45) is 0 Å². The van der Waals surface area contributed by atoms with Gasteiger partial charge in [-0.1, -0.05) is 36.4 Å². The standard InChI is InChI=1S/C16H18O4S/c1-13-7-5-6-10-16(13)20-11-14(17)12-21(18,19)15-8-3-2-4-9-15/h2-10,14,17H,11-12H2,1H3. The molecule has 1 unspecified atom stereocenters. The number of ether oxygens (including phenoxy) is 1. The summed E-state index contributed by atoms with van der Waals surface area (Å²) in [6, 6.07) is 15.5. The molecule has 0 radical (unpaired) electrons. The Morgan fingerprint density at radius 1 is 1.05 bits per heavy atom. The summed E-state index contributed by atoms with van der Waals surface area (Å²) in [5.41, 5.74) is 0.940. The lowest BCUT2D eigenvalue weighted by atomic mass is 10.2. The summed E-state index contributed by atoms with van der Waals surface area (Å²) in [4.78, 5) is 0.208. The van der Waals surface area contributed by atoms with E-state index in [0.29, 0.717) is 5.75 Å². The van der Waals surface area contributed by atoms with Gasteiger partial charge in [-0.3, -0.25) is 0 Å². The van der Waals surface area contributed by atoms with E-state index >= 15 is 0 Å². The van der Waals surface area contributed by atoms with Gasteiger partial charge in [0.25, 0.3) is 0 Å². The molecule has 0 aliphatic rings. The molecule has 2 aromatic rings. The van der Waals surface area contributed by atoms with Crippen molar-refractivity contribution < 1.29 is 18.3 Å². The summed E-state index contributed by atoms with van der Waals surface area (Å²) >= 11 is 0. The Bertz CT molecular complexity index is 680. The van der Waals surface area contributed by atoms with E-state index in [1.165, 1.54) is 12.1 Å². The van der Waals surface area contributed by atoms with Crippen LogP contribution in [0, 0.1) is 6.92 Å². The molecule has 0 heterocycles. The predicted octanol–water partition coefficient (Wildman–Crippen LogP) is 2.21. The Hall–Kier alpha value is -1.85. The van der Waals surface area contributed by atoms with E-state index in [1.54, 1.807) is 24.3 Å². The first-order valence-corrected chi connectivity index (χ1v) is 8.28. The highest BCUT2D eigenvalue weighted by Gasteiger charge is 2.20. The van der Waals surface area contributed by atoms with E-state index in [0.717, 1.165) is 5.56 Å². The van der Waals surface area contributed by atoms with Gasteiger partial charge in [-0.25, -0.2) is 8.42 Å².